The van der Waals surface area contributed by atoms with Gasteiger partial charge in [-0.3, -0.25) is 10.1 Å². The Morgan fingerprint density at radius 1 is 1.08 bits per heavy atom. The van der Waals surface area contributed by atoms with Crippen LogP contribution in [0.3, 0.4) is 0 Å². The third-order valence-electron chi connectivity index (χ3n) is 3.73. The summed E-state index contributed by atoms with van der Waals surface area (Å²) in [6, 6.07) is 15.8. The van der Waals surface area contributed by atoms with Crippen LogP contribution in [0.1, 0.15) is 16.0 Å². The maximum absolute atomic E-state index is 12.1. The molecule has 1 N–H and O–H groups in total. The zero-order valence-corrected chi connectivity index (χ0v) is 15.3. The zero-order chi connectivity index (χ0) is 17.8. The second-order valence-electron chi connectivity index (χ2n) is 5.94. The van der Waals surface area contributed by atoms with Crippen molar-refractivity contribution in [1.82, 2.24) is 4.98 Å². The number of carbonyl (C=O) groups excluding carboxylic acids is 1. The second kappa shape index (κ2) is 7.49. The molecule has 1 heterocycles. The maximum atomic E-state index is 12.1. The lowest BCUT2D eigenvalue weighted by Crippen LogP contribution is -2.20. The Bertz CT molecular complexity index is 885. The molecular weight excluding hydrogens is 332 g/mol. The van der Waals surface area contributed by atoms with Gasteiger partial charge in [0.05, 0.1) is 5.69 Å². The van der Waals surface area contributed by atoms with Crippen LogP contribution in [0.15, 0.2) is 48.5 Å². The van der Waals surface area contributed by atoms with E-state index >= 15 is 0 Å². The van der Waals surface area contributed by atoms with Gasteiger partial charge in [-0.25, -0.2) is 4.98 Å². The average molecular weight is 352 g/mol. The van der Waals surface area contributed by atoms with Crippen LogP contribution in [0.5, 0.6) is 5.75 Å². The first-order valence-corrected chi connectivity index (χ1v) is 8.87. The van der Waals surface area contributed by atoms with E-state index in [0.717, 1.165) is 21.7 Å². The van der Waals surface area contributed by atoms with E-state index in [1.165, 1.54) is 16.9 Å². The molecule has 25 heavy (non-hydrogen) atoms. The smallest absolute Gasteiger partial charge is 0.264 e. The highest BCUT2D eigenvalue weighted by Crippen LogP contribution is 2.30. The van der Waals surface area contributed by atoms with E-state index in [1.54, 1.807) is 0 Å². The van der Waals surface area contributed by atoms with Crippen LogP contribution in [-0.2, 0) is 4.79 Å². The van der Waals surface area contributed by atoms with E-state index in [0.29, 0.717) is 10.9 Å². The van der Waals surface area contributed by atoms with Crippen molar-refractivity contribution in [3.05, 3.63) is 64.5 Å². The molecule has 0 unspecified atom stereocenters. The van der Waals surface area contributed by atoms with Crippen molar-refractivity contribution in [1.29, 1.82) is 0 Å². The topological polar surface area (TPSA) is 51.2 Å². The number of ether oxygens (including phenoxy) is 1. The summed E-state index contributed by atoms with van der Waals surface area (Å²) in [4.78, 5) is 17.7. The molecule has 1 amide bonds. The molecule has 0 aliphatic rings. The highest BCUT2D eigenvalue weighted by molar-refractivity contribution is 7.16. The number of anilines is 1. The number of aromatic nitrogens is 1. The summed E-state index contributed by atoms with van der Waals surface area (Å²) < 4.78 is 5.52. The number of nitrogens with one attached hydrogen (secondary N) is 1. The first kappa shape index (κ1) is 17.2. The fraction of sp³-hybridized carbons (Fsp3) is 0.200. The van der Waals surface area contributed by atoms with Gasteiger partial charge < -0.3 is 4.74 Å². The quantitative estimate of drug-likeness (QED) is 0.721. The number of hydrogen-bond donors (Lipinski definition) is 1. The summed E-state index contributed by atoms with van der Waals surface area (Å²) in [5.41, 5.74) is 4.26. The van der Waals surface area contributed by atoms with Gasteiger partial charge in [0.1, 0.15) is 5.75 Å². The molecule has 2 aromatic carbocycles. The average Bonchev–Trinajstić information content (AvgIpc) is 2.94. The van der Waals surface area contributed by atoms with Crippen LogP contribution >= 0.6 is 11.3 Å². The number of amides is 1. The van der Waals surface area contributed by atoms with Gasteiger partial charge in [-0.1, -0.05) is 42.0 Å². The summed E-state index contributed by atoms with van der Waals surface area (Å²) in [5, 5.41) is 3.40. The Hall–Kier alpha value is -2.66. The number of aryl methyl sites for hydroxylation is 3. The molecular formula is C20H20N2O2S. The highest BCUT2D eigenvalue weighted by Gasteiger charge is 2.12. The Morgan fingerprint density at radius 3 is 2.56 bits per heavy atom. The van der Waals surface area contributed by atoms with Crippen molar-refractivity contribution in [2.75, 3.05) is 11.9 Å². The molecule has 0 fully saturated rings. The third kappa shape index (κ3) is 4.45. The van der Waals surface area contributed by atoms with E-state index in [9.17, 15) is 4.79 Å². The minimum Gasteiger partial charge on any atom is -0.484 e. The fourth-order valence-electron chi connectivity index (χ4n) is 2.44. The monoisotopic (exact) mass is 352 g/mol. The number of rotatable bonds is 5. The van der Waals surface area contributed by atoms with Crippen molar-refractivity contribution >= 4 is 22.4 Å². The molecule has 128 valence electrons. The van der Waals surface area contributed by atoms with Crippen molar-refractivity contribution in [2.45, 2.75) is 20.8 Å². The molecule has 3 aromatic rings. The van der Waals surface area contributed by atoms with E-state index < -0.39 is 0 Å². The van der Waals surface area contributed by atoms with Crippen LogP contribution in [0.2, 0.25) is 0 Å². The Kier molecular flexibility index (Phi) is 5.14. The minimum atomic E-state index is -0.217. The van der Waals surface area contributed by atoms with Crippen LogP contribution in [-0.4, -0.2) is 17.5 Å². The van der Waals surface area contributed by atoms with Gasteiger partial charge in [0.25, 0.3) is 5.91 Å². The van der Waals surface area contributed by atoms with Crippen LogP contribution in [0.25, 0.3) is 11.3 Å². The third-order valence-corrected chi connectivity index (χ3v) is 4.61. The molecule has 0 radical (unpaired) electrons. The van der Waals surface area contributed by atoms with E-state index in [4.69, 9.17) is 4.74 Å². The number of nitrogens with zero attached hydrogens (tertiary/aromatic N) is 1. The molecule has 5 heteroatoms. The lowest BCUT2D eigenvalue weighted by atomic mass is 10.1. The standard InChI is InChI=1S/C20H20N2O2S/c1-13-7-9-16(10-8-13)19-15(3)25-20(22-19)21-18(23)12-24-17-6-4-5-14(2)11-17/h4-11H,12H2,1-3H3,(H,21,22,23). The SMILES string of the molecule is Cc1ccc(-c2nc(NC(=O)COc3cccc(C)c3)sc2C)cc1. The van der Waals surface area contributed by atoms with Gasteiger partial charge in [0.2, 0.25) is 0 Å². The molecule has 1 aromatic heterocycles. The minimum absolute atomic E-state index is 0.0397. The first-order chi connectivity index (χ1) is 12.0. The Balaban J connectivity index is 1.64. The number of carbonyl (C=O) groups is 1. The number of hydrogen-bond acceptors (Lipinski definition) is 4. The van der Waals surface area contributed by atoms with Gasteiger partial charge in [-0.2, -0.15) is 0 Å². The van der Waals surface area contributed by atoms with Gasteiger partial charge in [0, 0.05) is 10.4 Å². The molecule has 4 nitrogen and oxygen atoms in total. The highest BCUT2D eigenvalue weighted by atomic mass is 32.1. The molecule has 0 saturated heterocycles. The first-order valence-electron chi connectivity index (χ1n) is 8.05. The van der Waals surface area contributed by atoms with Gasteiger partial charge >= 0.3 is 0 Å². The largest absolute Gasteiger partial charge is 0.484 e. The maximum Gasteiger partial charge on any atom is 0.264 e. The van der Waals surface area contributed by atoms with Gasteiger partial charge in [-0.05, 0) is 38.5 Å². The summed E-state index contributed by atoms with van der Waals surface area (Å²) in [7, 11) is 0. The predicted molar refractivity (Wildman–Crippen MR) is 102 cm³/mol. The fourth-order valence-corrected chi connectivity index (χ4v) is 3.29. The molecule has 0 saturated carbocycles. The van der Waals surface area contributed by atoms with Crippen LogP contribution in [0.4, 0.5) is 5.13 Å². The summed E-state index contributed by atoms with van der Waals surface area (Å²) in [5.74, 6) is 0.469. The van der Waals surface area contributed by atoms with E-state index in [-0.39, 0.29) is 12.5 Å². The van der Waals surface area contributed by atoms with Crippen molar-refractivity contribution in [2.24, 2.45) is 0 Å². The van der Waals surface area contributed by atoms with Crippen molar-refractivity contribution < 1.29 is 9.53 Å². The van der Waals surface area contributed by atoms with Crippen molar-refractivity contribution in [3.63, 3.8) is 0 Å². The Labute approximate surface area is 151 Å². The van der Waals surface area contributed by atoms with Crippen LogP contribution < -0.4 is 10.1 Å². The molecule has 0 bridgehead atoms. The zero-order valence-electron chi connectivity index (χ0n) is 14.5. The summed E-state index contributed by atoms with van der Waals surface area (Å²) in [6.07, 6.45) is 0. The van der Waals surface area contributed by atoms with E-state index in [2.05, 4.69) is 29.4 Å². The van der Waals surface area contributed by atoms with Crippen LogP contribution in [0, 0.1) is 20.8 Å². The number of thiazole rings is 1. The summed E-state index contributed by atoms with van der Waals surface area (Å²) in [6.45, 7) is 6.00. The molecule has 3 rings (SSSR count). The normalized spacial score (nSPS) is 10.5. The lowest BCUT2D eigenvalue weighted by Gasteiger charge is -2.06. The van der Waals surface area contributed by atoms with Gasteiger partial charge in [0.15, 0.2) is 11.7 Å². The molecule has 0 atom stereocenters. The molecule has 0 aliphatic carbocycles. The lowest BCUT2D eigenvalue weighted by molar-refractivity contribution is -0.118. The molecule has 0 aliphatic heterocycles. The van der Waals surface area contributed by atoms with Gasteiger partial charge in [-0.15, -0.1) is 11.3 Å². The van der Waals surface area contributed by atoms with Crippen molar-refractivity contribution in [3.8, 4) is 17.0 Å². The van der Waals surface area contributed by atoms with E-state index in [1.807, 2.05) is 50.2 Å². The second-order valence-corrected chi connectivity index (χ2v) is 7.15. The molecule has 0 spiro atoms. The Morgan fingerprint density at radius 2 is 1.84 bits per heavy atom. The number of benzene rings is 2. The predicted octanol–water partition coefficient (Wildman–Crippen LogP) is 4.75. The summed E-state index contributed by atoms with van der Waals surface area (Å²) >= 11 is 1.47.